The van der Waals surface area contributed by atoms with Crippen molar-refractivity contribution in [3.63, 3.8) is 0 Å². The predicted octanol–water partition coefficient (Wildman–Crippen LogP) is 4.66. The number of aromatic carboxylic acids is 1. The zero-order valence-corrected chi connectivity index (χ0v) is 13.5. The van der Waals surface area contributed by atoms with Gasteiger partial charge in [0.15, 0.2) is 0 Å². The number of rotatable bonds is 3. The molecule has 1 aromatic rings. The summed E-state index contributed by atoms with van der Waals surface area (Å²) in [5.74, 6) is -0.216. The lowest BCUT2D eigenvalue weighted by Gasteiger charge is -2.43. The first kappa shape index (κ1) is 14.7. The second kappa shape index (κ2) is 4.64. The van der Waals surface area contributed by atoms with Crippen LogP contribution in [0.25, 0.3) is 0 Å². The lowest BCUT2D eigenvalue weighted by molar-refractivity contribution is 0.0697. The van der Waals surface area contributed by atoms with Crippen molar-refractivity contribution in [1.29, 1.82) is 0 Å². The Morgan fingerprint density at radius 3 is 2.67 bits per heavy atom. The molecule has 114 valence electrons. The third kappa shape index (κ3) is 2.22. The molecule has 0 radical (unpaired) electrons. The fourth-order valence-corrected chi connectivity index (χ4v) is 4.81. The van der Waals surface area contributed by atoms with E-state index in [1.807, 2.05) is 0 Å². The van der Waals surface area contributed by atoms with Crippen LogP contribution in [0.1, 0.15) is 50.4 Å². The summed E-state index contributed by atoms with van der Waals surface area (Å²) in [6.07, 6.45) is 3.73. The molecule has 2 saturated carbocycles. The quantitative estimate of drug-likeness (QED) is 0.853. The minimum atomic E-state index is -0.939. The first-order valence-electron chi connectivity index (χ1n) is 7.53. The Kier molecular flexibility index (Phi) is 3.25. The molecule has 0 amide bonds. The number of hydrogen-bond donors (Lipinski definition) is 2. The Labute approximate surface area is 130 Å². The second-order valence-corrected chi connectivity index (χ2v) is 7.92. The summed E-state index contributed by atoms with van der Waals surface area (Å²) in [5.41, 5.74) is 1.37. The zero-order valence-electron chi connectivity index (χ0n) is 12.7. The Morgan fingerprint density at radius 2 is 2.10 bits per heavy atom. The lowest BCUT2D eigenvalue weighted by Crippen LogP contribution is -2.46. The van der Waals surface area contributed by atoms with Crippen molar-refractivity contribution in [2.24, 2.45) is 16.7 Å². The maximum absolute atomic E-state index is 11.5. The van der Waals surface area contributed by atoms with Gasteiger partial charge in [0.25, 0.3) is 0 Å². The van der Waals surface area contributed by atoms with Crippen molar-refractivity contribution >= 4 is 23.3 Å². The zero-order chi connectivity index (χ0) is 15.4. The Morgan fingerprint density at radius 1 is 1.38 bits per heavy atom. The third-order valence-corrected chi connectivity index (χ3v) is 6.02. The van der Waals surface area contributed by atoms with E-state index < -0.39 is 5.97 Å². The van der Waals surface area contributed by atoms with E-state index in [0.717, 1.165) is 5.92 Å². The van der Waals surface area contributed by atoms with Gasteiger partial charge in [-0.3, -0.25) is 0 Å². The number of hydrogen-bond acceptors (Lipinski definition) is 2. The Balaban J connectivity index is 1.96. The van der Waals surface area contributed by atoms with Gasteiger partial charge in [-0.15, -0.1) is 0 Å². The SMILES string of the molecule is CC12CCC(C1)C(C)(C)C2Nc1ccc(Cl)cc1C(=O)O. The number of carboxylic acid groups (broad SMARTS) is 1. The van der Waals surface area contributed by atoms with E-state index in [2.05, 4.69) is 26.1 Å². The molecule has 2 aliphatic carbocycles. The largest absolute Gasteiger partial charge is 0.478 e. The van der Waals surface area contributed by atoms with Crippen molar-refractivity contribution in [1.82, 2.24) is 0 Å². The molecule has 2 bridgehead atoms. The first-order chi connectivity index (χ1) is 9.74. The van der Waals surface area contributed by atoms with Gasteiger partial charge in [0, 0.05) is 16.8 Å². The normalized spacial score (nSPS) is 33.1. The highest BCUT2D eigenvalue weighted by atomic mass is 35.5. The number of anilines is 1. The summed E-state index contributed by atoms with van der Waals surface area (Å²) in [4.78, 5) is 11.5. The average Bonchev–Trinajstić information content (AvgIpc) is 2.87. The van der Waals surface area contributed by atoms with Gasteiger partial charge in [-0.2, -0.15) is 0 Å². The van der Waals surface area contributed by atoms with Crippen LogP contribution in [-0.2, 0) is 0 Å². The van der Waals surface area contributed by atoms with Crippen LogP contribution in [0.3, 0.4) is 0 Å². The van der Waals surface area contributed by atoms with Gasteiger partial charge in [0.05, 0.1) is 5.56 Å². The van der Waals surface area contributed by atoms with Crippen molar-refractivity contribution < 1.29 is 9.90 Å². The summed E-state index contributed by atoms with van der Waals surface area (Å²) >= 11 is 5.93. The maximum atomic E-state index is 11.5. The van der Waals surface area contributed by atoms with Crippen LogP contribution in [0.4, 0.5) is 5.69 Å². The molecule has 3 rings (SSSR count). The minimum Gasteiger partial charge on any atom is -0.478 e. The molecule has 0 aromatic heterocycles. The number of benzene rings is 1. The molecule has 0 heterocycles. The standard InChI is InChI=1S/C17H22ClNO2/c1-16(2)10-6-7-17(3,9-10)15(16)19-13-5-4-11(18)8-12(13)14(20)21/h4-5,8,10,15,19H,6-7,9H2,1-3H3,(H,20,21). The van der Waals surface area contributed by atoms with E-state index in [0.29, 0.717) is 16.8 Å². The smallest absolute Gasteiger partial charge is 0.337 e. The predicted molar refractivity (Wildman–Crippen MR) is 85.1 cm³/mol. The van der Waals surface area contributed by atoms with Gasteiger partial charge in [-0.25, -0.2) is 4.79 Å². The third-order valence-electron chi connectivity index (χ3n) is 5.78. The molecule has 0 saturated heterocycles. The van der Waals surface area contributed by atoms with E-state index in [-0.39, 0.29) is 16.4 Å². The number of nitrogens with one attached hydrogen (secondary N) is 1. The van der Waals surface area contributed by atoms with Gasteiger partial charge < -0.3 is 10.4 Å². The maximum Gasteiger partial charge on any atom is 0.337 e. The number of halogens is 1. The summed E-state index contributed by atoms with van der Waals surface area (Å²) in [7, 11) is 0. The molecule has 0 aliphatic heterocycles. The molecule has 4 heteroatoms. The average molecular weight is 308 g/mol. The highest BCUT2D eigenvalue weighted by molar-refractivity contribution is 6.31. The molecular weight excluding hydrogens is 286 g/mol. The van der Waals surface area contributed by atoms with Crippen LogP contribution in [0.15, 0.2) is 18.2 Å². The molecule has 0 spiro atoms. The molecule has 3 nitrogen and oxygen atoms in total. The number of carbonyl (C=O) groups is 1. The molecule has 2 fully saturated rings. The van der Waals surface area contributed by atoms with Crippen LogP contribution in [0.5, 0.6) is 0 Å². The lowest BCUT2D eigenvalue weighted by atomic mass is 9.68. The second-order valence-electron chi connectivity index (χ2n) is 7.49. The van der Waals surface area contributed by atoms with E-state index in [1.165, 1.54) is 25.3 Å². The van der Waals surface area contributed by atoms with Gasteiger partial charge in [0.2, 0.25) is 0 Å². The molecule has 2 N–H and O–H groups in total. The molecular formula is C17H22ClNO2. The summed E-state index contributed by atoms with van der Waals surface area (Å²) in [6, 6.07) is 5.35. The van der Waals surface area contributed by atoms with Gasteiger partial charge in [-0.1, -0.05) is 32.4 Å². The summed E-state index contributed by atoms with van der Waals surface area (Å²) in [6.45, 7) is 6.93. The van der Waals surface area contributed by atoms with Crippen molar-refractivity contribution in [3.05, 3.63) is 28.8 Å². The van der Waals surface area contributed by atoms with Crippen LogP contribution in [0.2, 0.25) is 5.02 Å². The fraction of sp³-hybridized carbons (Fsp3) is 0.588. The fourth-order valence-electron chi connectivity index (χ4n) is 4.64. The topological polar surface area (TPSA) is 49.3 Å². The van der Waals surface area contributed by atoms with Crippen molar-refractivity contribution in [2.75, 3.05) is 5.32 Å². The number of carboxylic acids is 1. The van der Waals surface area contributed by atoms with Crippen molar-refractivity contribution in [3.8, 4) is 0 Å². The monoisotopic (exact) mass is 307 g/mol. The molecule has 3 atom stereocenters. The van der Waals surface area contributed by atoms with E-state index in [4.69, 9.17) is 11.6 Å². The van der Waals surface area contributed by atoms with Gasteiger partial charge >= 0.3 is 5.97 Å². The van der Waals surface area contributed by atoms with E-state index in [1.54, 1.807) is 12.1 Å². The molecule has 21 heavy (non-hydrogen) atoms. The van der Waals surface area contributed by atoms with E-state index in [9.17, 15) is 9.90 Å². The van der Waals surface area contributed by atoms with Crippen LogP contribution < -0.4 is 5.32 Å². The first-order valence-corrected chi connectivity index (χ1v) is 7.91. The summed E-state index contributed by atoms with van der Waals surface area (Å²) < 4.78 is 0. The molecule has 2 aliphatic rings. The minimum absolute atomic E-state index is 0.183. The highest BCUT2D eigenvalue weighted by Gasteiger charge is 2.59. The summed E-state index contributed by atoms with van der Waals surface area (Å²) in [5, 5.41) is 13.4. The molecule has 3 unspecified atom stereocenters. The Bertz CT molecular complexity index is 594. The van der Waals surface area contributed by atoms with Crippen LogP contribution >= 0.6 is 11.6 Å². The van der Waals surface area contributed by atoms with Gasteiger partial charge in [-0.05, 0) is 54.2 Å². The highest BCUT2D eigenvalue weighted by Crippen LogP contribution is 2.63. The Hall–Kier alpha value is -1.22. The molecule has 1 aromatic carbocycles. The van der Waals surface area contributed by atoms with Crippen molar-refractivity contribution in [2.45, 2.75) is 46.1 Å². The van der Waals surface area contributed by atoms with Crippen LogP contribution in [-0.4, -0.2) is 17.1 Å². The van der Waals surface area contributed by atoms with Crippen LogP contribution in [0, 0.1) is 16.7 Å². The van der Waals surface area contributed by atoms with Gasteiger partial charge in [0.1, 0.15) is 0 Å². The van der Waals surface area contributed by atoms with E-state index >= 15 is 0 Å². The number of fused-ring (bicyclic) bond motifs is 2.